The van der Waals surface area contributed by atoms with E-state index in [1.165, 1.54) is 0 Å². The van der Waals surface area contributed by atoms with Gasteiger partial charge in [-0.2, -0.15) is 0 Å². The van der Waals surface area contributed by atoms with Gasteiger partial charge in [0.1, 0.15) is 10.8 Å². The lowest BCUT2D eigenvalue weighted by Crippen LogP contribution is -2.27. The first-order chi connectivity index (χ1) is 12.9. The van der Waals surface area contributed by atoms with E-state index < -0.39 is 11.6 Å². The van der Waals surface area contributed by atoms with Gasteiger partial charge >= 0.3 is 11.6 Å². The number of likely N-dealkylation sites (N-methyl/N-ethyl adjacent to an activating group) is 1. The first-order valence-electron chi connectivity index (χ1n) is 9.18. The summed E-state index contributed by atoms with van der Waals surface area (Å²) in [5.41, 5.74) is 1.39. The standard InChI is InChI=1S/C20H26ClNO5.2ClH/c1-5-22(6-2)11-10-15-13(4)14-8-9-16(26-12-17(23)25-7-3)18(21)19(14)27-20(15)24;;/h8-9H,5-7,10-12H2,1-4H3;2*1H. The van der Waals surface area contributed by atoms with E-state index in [0.717, 1.165) is 30.6 Å². The van der Waals surface area contributed by atoms with Crippen LogP contribution in [0.2, 0.25) is 5.02 Å². The number of ether oxygens (including phenoxy) is 2. The van der Waals surface area contributed by atoms with Crippen molar-refractivity contribution in [2.24, 2.45) is 0 Å². The van der Waals surface area contributed by atoms with E-state index in [0.29, 0.717) is 12.0 Å². The van der Waals surface area contributed by atoms with Crippen molar-refractivity contribution in [1.82, 2.24) is 4.90 Å². The zero-order chi connectivity index (χ0) is 20.0. The molecular formula is C20H28Cl3NO5. The molecule has 0 aliphatic rings. The van der Waals surface area contributed by atoms with Gasteiger partial charge in [-0.15, -0.1) is 24.8 Å². The van der Waals surface area contributed by atoms with Gasteiger partial charge in [-0.3, -0.25) is 0 Å². The first-order valence-corrected chi connectivity index (χ1v) is 9.56. The molecule has 0 atom stereocenters. The van der Waals surface area contributed by atoms with Gasteiger partial charge in [0.25, 0.3) is 0 Å². The molecule has 1 aromatic heterocycles. The number of carbonyl (C=O) groups excluding carboxylic acids is 1. The number of nitrogens with zero attached hydrogens (tertiary/aromatic N) is 1. The maximum absolute atomic E-state index is 12.5. The van der Waals surface area contributed by atoms with Crippen molar-refractivity contribution in [1.29, 1.82) is 0 Å². The number of esters is 1. The normalized spacial score (nSPS) is 10.4. The van der Waals surface area contributed by atoms with Crippen LogP contribution in [0.5, 0.6) is 5.75 Å². The highest BCUT2D eigenvalue weighted by atomic mass is 35.5. The van der Waals surface area contributed by atoms with Crippen LogP contribution in [0.3, 0.4) is 0 Å². The van der Waals surface area contributed by atoms with E-state index >= 15 is 0 Å². The molecule has 0 fully saturated rings. The van der Waals surface area contributed by atoms with Crippen LogP contribution in [0, 0.1) is 6.92 Å². The molecule has 0 saturated carbocycles. The topological polar surface area (TPSA) is 69.0 Å². The lowest BCUT2D eigenvalue weighted by atomic mass is 10.0. The Morgan fingerprint density at radius 2 is 1.83 bits per heavy atom. The number of halogens is 3. The van der Waals surface area contributed by atoms with E-state index in [4.69, 9.17) is 25.5 Å². The van der Waals surface area contributed by atoms with Gasteiger partial charge in [0.2, 0.25) is 0 Å². The smallest absolute Gasteiger partial charge is 0.344 e. The molecule has 0 aliphatic carbocycles. The summed E-state index contributed by atoms with van der Waals surface area (Å²) in [5, 5.41) is 0.935. The van der Waals surface area contributed by atoms with Crippen LogP contribution in [-0.2, 0) is 16.0 Å². The molecular weight excluding hydrogens is 441 g/mol. The number of fused-ring (bicyclic) bond motifs is 1. The average molecular weight is 469 g/mol. The average Bonchev–Trinajstić information content (AvgIpc) is 2.65. The lowest BCUT2D eigenvalue weighted by Gasteiger charge is -2.18. The van der Waals surface area contributed by atoms with E-state index in [1.807, 2.05) is 6.92 Å². The second-order valence-corrected chi connectivity index (χ2v) is 6.50. The van der Waals surface area contributed by atoms with Gasteiger partial charge in [0, 0.05) is 17.5 Å². The van der Waals surface area contributed by atoms with Crippen molar-refractivity contribution in [2.45, 2.75) is 34.1 Å². The summed E-state index contributed by atoms with van der Waals surface area (Å²) < 4.78 is 15.7. The molecule has 0 N–H and O–H groups in total. The number of rotatable bonds is 9. The van der Waals surface area contributed by atoms with Crippen molar-refractivity contribution in [3.8, 4) is 5.75 Å². The molecule has 0 saturated heterocycles. The Balaban J connectivity index is 0.00000392. The first kappa shape index (κ1) is 27.5. The third kappa shape index (κ3) is 6.78. The maximum Gasteiger partial charge on any atom is 0.344 e. The fourth-order valence-corrected chi connectivity index (χ4v) is 3.21. The highest BCUT2D eigenvalue weighted by Gasteiger charge is 2.17. The van der Waals surface area contributed by atoms with Gasteiger partial charge in [-0.1, -0.05) is 25.4 Å². The van der Waals surface area contributed by atoms with Crippen LogP contribution in [0.1, 0.15) is 31.9 Å². The van der Waals surface area contributed by atoms with Crippen molar-refractivity contribution in [3.05, 3.63) is 38.7 Å². The predicted octanol–water partition coefficient (Wildman–Crippen LogP) is 4.42. The molecule has 29 heavy (non-hydrogen) atoms. The minimum Gasteiger partial charge on any atom is -0.480 e. The summed E-state index contributed by atoms with van der Waals surface area (Å²) in [7, 11) is 0. The van der Waals surface area contributed by atoms with Crippen LogP contribution >= 0.6 is 36.4 Å². The molecule has 0 spiro atoms. The molecule has 1 heterocycles. The number of benzene rings is 1. The van der Waals surface area contributed by atoms with Gasteiger partial charge in [-0.25, -0.2) is 9.59 Å². The number of hydrogen-bond acceptors (Lipinski definition) is 6. The zero-order valence-corrected chi connectivity index (χ0v) is 19.5. The molecule has 9 heteroatoms. The second kappa shape index (κ2) is 13.0. The molecule has 0 radical (unpaired) electrons. The van der Waals surface area contributed by atoms with Gasteiger partial charge in [0.15, 0.2) is 12.2 Å². The molecule has 164 valence electrons. The minimum atomic E-state index is -0.488. The third-order valence-electron chi connectivity index (χ3n) is 4.58. The molecule has 0 amide bonds. The fourth-order valence-electron chi connectivity index (χ4n) is 2.95. The van der Waals surface area contributed by atoms with Crippen LogP contribution in [0.15, 0.2) is 21.3 Å². The molecule has 0 unspecified atom stereocenters. The van der Waals surface area contributed by atoms with E-state index in [2.05, 4.69) is 18.7 Å². The predicted molar refractivity (Wildman–Crippen MR) is 120 cm³/mol. The highest BCUT2D eigenvalue weighted by Crippen LogP contribution is 2.34. The van der Waals surface area contributed by atoms with E-state index in [1.54, 1.807) is 19.1 Å². The molecule has 6 nitrogen and oxygen atoms in total. The van der Waals surface area contributed by atoms with Crippen LogP contribution in [-0.4, -0.2) is 43.7 Å². The summed E-state index contributed by atoms with van der Waals surface area (Å²) >= 11 is 6.35. The van der Waals surface area contributed by atoms with Gasteiger partial charge < -0.3 is 18.8 Å². The quantitative estimate of drug-likeness (QED) is 0.401. The summed E-state index contributed by atoms with van der Waals surface area (Å²) in [6.07, 6.45) is 0.616. The Labute approximate surface area is 188 Å². The SMILES string of the molecule is CCOC(=O)COc1ccc2c(C)c(CCN(CC)CC)c(=O)oc2c1Cl.Cl.Cl. The Hall–Kier alpha value is -1.47. The van der Waals surface area contributed by atoms with Crippen molar-refractivity contribution >= 4 is 53.4 Å². The number of carbonyl (C=O) groups is 1. The van der Waals surface area contributed by atoms with E-state index in [-0.39, 0.29) is 54.4 Å². The summed E-state index contributed by atoms with van der Waals surface area (Å²) in [6.45, 7) is 10.5. The Bertz CT molecular complexity index is 865. The number of hydrogen-bond donors (Lipinski definition) is 0. The fraction of sp³-hybridized carbons (Fsp3) is 0.500. The zero-order valence-electron chi connectivity index (χ0n) is 17.1. The van der Waals surface area contributed by atoms with Gasteiger partial charge in [-0.05, 0) is 51.1 Å². The Morgan fingerprint density at radius 3 is 2.41 bits per heavy atom. The lowest BCUT2D eigenvalue weighted by molar-refractivity contribution is -0.145. The molecule has 0 aliphatic heterocycles. The summed E-state index contributed by atoms with van der Waals surface area (Å²) in [6, 6.07) is 3.46. The summed E-state index contributed by atoms with van der Waals surface area (Å²) in [4.78, 5) is 26.2. The molecule has 2 aromatic rings. The highest BCUT2D eigenvalue weighted by molar-refractivity contribution is 6.36. The van der Waals surface area contributed by atoms with Crippen LogP contribution in [0.25, 0.3) is 11.0 Å². The Morgan fingerprint density at radius 1 is 1.17 bits per heavy atom. The molecule has 0 bridgehead atoms. The third-order valence-corrected chi connectivity index (χ3v) is 4.94. The van der Waals surface area contributed by atoms with Crippen molar-refractivity contribution in [3.63, 3.8) is 0 Å². The maximum atomic E-state index is 12.5. The second-order valence-electron chi connectivity index (χ2n) is 6.12. The minimum absolute atomic E-state index is 0. The molecule has 2 rings (SSSR count). The summed E-state index contributed by atoms with van der Waals surface area (Å²) in [5.74, 6) is -0.214. The van der Waals surface area contributed by atoms with Crippen LogP contribution < -0.4 is 10.4 Å². The van der Waals surface area contributed by atoms with Gasteiger partial charge in [0.05, 0.1) is 6.61 Å². The number of aryl methyl sites for hydroxylation is 1. The monoisotopic (exact) mass is 467 g/mol. The van der Waals surface area contributed by atoms with Crippen molar-refractivity contribution < 1.29 is 18.7 Å². The van der Waals surface area contributed by atoms with E-state index in [9.17, 15) is 9.59 Å². The Kier molecular flexibility index (Phi) is 12.3. The van der Waals surface area contributed by atoms with Crippen molar-refractivity contribution in [2.75, 3.05) is 32.8 Å². The largest absolute Gasteiger partial charge is 0.480 e. The van der Waals surface area contributed by atoms with Crippen LogP contribution in [0.4, 0.5) is 0 Å². The molecule has 1 aromatic carbocycles.